The molecule has 0 N–H and O–H groups in total. The van der Waals surface area contributed by atoms with Crippen LogP contribution in [-0.2, 0) is 0 Å². The molecule has 56 heavy (non-hydrogen) atoms. The molecule has 0 saturated carbocycles. The van der Waals surface area contributed by atoms with Crippen LogP contribution in [0.1, 0.15) is 0 Å². The van der Waals surface area contributed by atoms with Gasteiger partial charge in [0.25, 0.3) is 0 Å². The lowest BCUT2D eigenvalue weighted by Gasteiger charge is -2.29. The van der Waals surface area contributed by atoms with Crippen LogP contribution >= 0.6 is 0 Å². The van der Waals surface area contributed by atoms with E-state index in [1.807, 2.05) is 6.07 Å². The molecule has 0 amide bonds. The number of hydrogen-bond acceptors (Lipinski definition) is 2. The molecule has 262 valence electrons. The number of furan rings is 1. The molecule has 2 heteroatoms. The quantitative estimate of drug-likeness (QED) is 0.160. The van der Waals surface area contributed by atoms with Gasteiger partial charge in [-0.05, 0) is 103 Å². The molecule has 0 atom stereocenters. The standard InChI is InChI=1S/C54H35NO/c1-2-14-40-34-42(31-26-36(40)12-1)41-15-9-16-43(35-41)55(51-23-11-25-53-54(51)49-19-6-8-24-52(49)56-53)50-22-7-5-18-46(50)39-29-27-38(28-30-39)45-20-10-21-47-44-17-4-3-13-37(44)32-33-48(45)47/h1-35H. The van der Waals surface area contributed by atoms with Crippen LogP contribution in [-0.4, -0.2) is 0 Å². The van der Waals surface area contributed by atoms with Crippen molar-refractivity contribution in [3.63, 3.8) is 0 Å². The van der Waals surface area contributed by atoms with Crippen LogP contribution in [0.25, 0.3) is 87.6 Å². The summed E-state index contributed by atoms with van der Waals surface area (Å²) in [6.45, 7) is 0. The third-order valence-electron chi connectivity index (χ3n) is 11.2. The van der Waals surface area contributed by atoms with Crippen LogP contribution in [0.15, 0.2) is 217 Å². The first-order valence-electron chi connectivity index (χ1n) is 19.2. The van der Waals surface area contributed by atoms with Gasteiger partial charge < -0.3 is 9.32 Å². The van der Waals surface area contributed by atoms with Crippen LogP contribution in [0.2, 0.25) is 0 Å². The number of hydrogen-bond donors (Lipinski definition) is 0. The van der Waals surface area contributed by atoms with Crippen molar-refractivity contribution in [1.82, 2.24) is 0 Å². The summed E-state index contributed by atoms with van der Waals surface area (Å²) in [5, 5.41) is 9.73. The highest BCUT2D eigenvalue weighted by atomic mass is 16.3. The summed E-state index contributed by atoms with van der Waals surface area (Å²) in [6, 6.07) is 76.5. The summed E-state index contributed by atoms with van der Waals surface area (Å²) in [5.74, 6) is 0. The zero-order valence-electron chi connectivity index (χ0n) is 30.6. The molecular formula is C54H35NO. The second-order valence-corrected chi connectivity index (χ2v) is 14.5. The van der Waals surface area contributed by atoms with Crippen molar-refractivity contribution in [2.24, 2.45) is 0 Å². The third-order valence-corrected chi connectivity index (χ3v) is 11.2. The Bertz CT molecular complexity index is 3260. The summed E-state index contributed by atoms with van der Waals surface area (Å²) >= 11 is 0. The monoisotopic (exact) mass is 713 g/mol. The predicted octanol–water partition coefficient (Wildman–Crippen LogP) is 15.5. The number of rotatable bonds is 6. The Kier molecular flexibility index (Phi) is 7.53. The van der Waals surface area contributed by atoms with Crippen molar-refractivity contribution >= 4 is 71.3 Å². The maximum Gasteiger partial charge on any atom is 0.137 e. The van der Waals surface area contributed by atoms with E-state index in [9.17, 15) is 0 Å². The molecule has 0 bridgehead atoms. The van der Waals surface area contributed by atoms with Crippen LogP contribution in [0.5, 0.6) is 0 Å². The molecule has 1 heterocycles. The molecule has 2 nitrogen and oxygen atoms in total. The Morgan fingerprint density at radius 1 is 0.304 bits per heavy atom. The van der Waals surface area contributed by atoms with Gasteiger partial charge in [0, 0.05) is 16.6 Å². The average Bonchev–Trinajstić information content (AvgIpc) is 3.66. The van der Waals surface area contributed by atoms with Gasteiger partial charge >= 0.3 is 0 Å². The fraction of sp³-hybridized carbons (Fsp3) is 0. The first-order valence-corrected chi connectivity index (χ1v) is 19.2. The highest BCUT2D eigenvalue weighted by Gasteiger charge is 2.22. The van der Waals surface area contributed by atoms with Crippen LogP contribution < -0.4 is 4.90 Å². The highest BCUT2D eigenvalue weighted by Crippen LogP contribution is 2.47. The Morgan fingerprint density at radius 3 is 1.79 bits per heavy atom. The highest BCUT2D eigenvalue weighted by molar-refractivity contribution is 6.14. The van der Waals surface area contributed by atoms with Gasteiger partial charge in [0.05, 0.1) is 16.8 Å². The average molecular weight is 714 g/mol. The van der Waals surface area contributed by atoms with Gasteiger partial charge in [0.1, 0.15) is 11.2 Å². The van der Waals surface area contributed by atoms with Crippen molar-refractivity contribution < 1.29 is 4.42 Å². The summed E-state index contributed by atoms with van der Waals surface area (Å²) in [5.41, 5.74) is 12.0. The summed E-state index contributed by atoms with van der Waals surface area (Å²) in [7, 11) is 0. The molecule has 0 spiro atoms. The maximum absolute atomic E-state index is 6.45. The molecule has 0 unspecified atom stereocenters. The molecule has 11 aromatic rings. The maximum atomic E-state index is 6.45. The van der Waals surface area contributed by atoms with Crippen molar-refractivity contribution in [2.45, 2.75) is 0 Å². The lowest BCUT2D eigenvalue weighted by atomic mass is 9.93. The van der Waals surface area contributed by atoms with Gasteiger partial charge in [0.2, 0.25) is 0 Å². The minimum Gasteiger partial charge on any atom is -0.456 e. The molecular weight excluding hydrogens is 679 g/mol. The lowest BCUT2D eigenvalue weighted by Crippen LogP contribution is -2.11. The van der Waals surface area contributed by atoms with Gasteiger partial charge in [-0.1, -0.05) is 170 Å². The van der Waals surface area contributed by atoms with E-state index in [4.69, 9.17) is 4.42 Å². The van der Waals surface area contributed by atoms with E-state index < -0.39 is 0 Å². The van der Waals surface area contributed by atoms with Gasteiger partial charge in [-0.3, -0.25) is 0 Å². The van der Waals surface area contributed by atoms with Gasteiger partial charge in [-0.25, -0.2) is 0 Å². The van der Waals surface area contributed by atoms with Crippen molar-refractivity contribution in [3.8, 4) is 33.4 Å². The minimum absolute atomic E-state index is 0.865. The van der Waals surface area contributed by atoms with E-state index in [0.29, 0.717) is 0 Å². The Morgan fingerprint density at radius 2 is 0.893 bits per heavy atom. The molecule has 0 aliphatic rings. The molecule has 0 saturated heterocycles. The number of para-hydroxylation sites is 2. The van der Waals surface area contributed by atoms with E-state index in [1.165, 1.54) is 49.0 Å². The molecule has 0 aliphatic heterocycles. The van der Waals surface area contributed by atoms with Crippen LogP contribution in [0, 0.1) is 0 Å². The number of nitrogens with zero attached hydrogens (tertiary/aromatic N) is 1. The first-order chi connectivity index (χ1) is 27.8. The predicted molar refractivity (Wildman–Crippen MR) is 237 cm³/mol. The third kappa shape index (κ3) is 5.34. The second kappa shape index (κ2) is 13.2. The van der Waals surface area contributed by atoms with Gasteiger partial charge in [0.15, 0.2) is 0 Å². The fourth-order valence-corrected chi connectivity index (χ4v) is 8.58. The first kappa shape index (κ1) is 32.0. The largest absolute Gasteiger partial charge is 0.456 e. The Hall–Kier alpha value is -7.42. The summed E-state index contributed by atoms with van der Waals surface area (Å²) in [6.07, 6.45) is 0. The number of anilines is 3. The van der Waals surface area contributed by atoms with Gasteiger partial charge in [-0.2, -0.15) is 0 Å². The van der Waals surface area contributed by atoms with Crippen LogP contribution in [0.4, 0.5) is 17.1 Å². The molecule has 10 aromatic carbocycles. The molecule has 0 aliphatic carbocycles. The topological polar surface area (TPSA) is 16.4 Å². The van der Waals surface area contributed by atoms with Crippen LogP contribution in [0.3, 0.4) is 0 Å². The zero-order chi connectivity index (χ0) is 37.0. The van der Waals surface area contributed by atoms with E-state index in [0.717, 1.165) is 55.7 Å². The van der Waals surface area contributed by atoms with Gasteiger partial charge in [-0.15, -0.1) is 0 Å². The Labute approximate surface area is 325 Å². The van der Waals surface area contributed by atoms with E-state index in [-0.39, 0.29) is 0 Å². The normalized spacial score (nSPS) is 11.6. The zero-order valence-corrected chi connectivity index (χ0v) is 30.6. The minimum atomic E-state index is 0.865. The Balaban J connectivity index is 1.08. The summed E-state index contributed by atoms with van der Waals surface area (Å²) < 4.78 is 6.45. The molecule has 0 fully saturated rings. The second-order valence-electron chi connectivity index (χ2n) is 14.5. The molecule has 0 radical (unpaired) electrons. The molecule has 1 aromatic heterocycles. The SMILES string of the molecule is c1cc(-c2ccc3ccccc3c2)cc(N(c2ccccc2-c2ccc(-c3cccc4c3ccc3ccccc34)cc2)c2cccc3oc4ccccc4c23)c1. The molecule has 11 rings (SSSR count). The lowest BCUT2D eigenvalue weighted by molar-refractivity contribution is 0.669. The van der Waals surface area contributed by atoms with E-state index in [2.05, 4.69) is 211 Å². The van der Waals surface area contributed by atoms with Crippen molar-refractivity contribution in [3.05, 3.63) is 212 Å². The number of fused-ring (bicyclic) bond motifs is 7. The smallest absolute Gasteiger partial charge is 0.137 e. The van der Waals surface area contributed by atoms with Crippen molar-refractivity contribution in [2.75, 3.05) is 4.90 Å². The van der Waals surface area contributed by atoms with E-state index in [1.54, 1.807) is 0 Å². The summed E-state index contributed by atoms with van der Waals surface area (Å²) in [4.78, 5) is 2.41. The fourth-order valence-electron chi connectivity index (χ4n) is 8.58. The number of benzene rings is 10. The van der Waals surface area contributed by atoms with Crippen molar-refractivity contribution in [1.29, 1.82) is 0 Å². The van der Waals surface area contributed by atoms with E-state index >= 15 is 0 Å².